The Hall–Kier alpha value is -4.39. The average molecular weight is 493 g/mol. The Morgan fingerprint density at radius 2 is 1.70 bits per heavy atom. The number of imide groups is 1. The number of aromatic amines is 1. The number of H-pyrrole nitrogens is 1. The minimum Gasteiger partial charge on any atom is -0.356 e. The number of aromatic nitrogens is 1. The van der Waals surface area contributed by atoms with E-state index in [1.165, 1.54) is 4.90 Å². The molecular formula is C30H28N4O3. The molecule has 4 aromatic rings. The minimum atomic E-state index is -0.666. The van der Waals surface area contributed by atoms with Crippen molar-refractivity contribution < 1.29 is 14.4 Å². The first-order valence-electron chi connectivity index (χ1n) is 12.8. The molecule has 3 heterocycles. The number of anilines is 1. The first-order chi connectivity index (χ1) is 18.1. The van der Waals surface area contributed by atoms with Crippen molar-refractivity contribution in [1.82, 2.24) is 15.2 Å². The van der Waals surface area contributed by atoms with Gasteiger partial charge in [0.15, 0.2) is 0 Å². The number of para-hydroxylation sites is 2. The highest BCUT2D eigenvalue weighted by Gasteiger charge is 2.53. The SMILES string of the molecule is CCCCNC(=O)c1ccccc1N1C(=O)C2Cc3c([nH]c4ccccc34)C(c3ccccc3)N2C1=O. The lowest BCUT2D eigenvalue weighted by molar-refractivity contribution is -0.120. The number of urea groups is 1. The monoisotopic (exact) mass is 492 g/mol. The van der Waals surface area contributed by atoms with Crippen molar-refractivity contribution in [2.45, 2.75) is 38.3 Å². The van der Waals surface area contributed by atoms with E-state index in [9.17, 15) is 14.4 Å². The Morgan fingerprint density at radius 1 is 0.973 bits per heavy atom. The number of fused-ring (bicyclic) bond motifs is 4. The largest absolute Gasteiger partial charge is 0.356 e. The van der Waals surface area contributed by atoms with Crippen LogP contribution in [0.5, 0.6) is 0 Å². The maximum Gasteiger partial charge on any atom is 0.332 e. The van der Waals surface area contributed by atoms with E-state index < -0.39 is 18.1 Å². The summed E-state index contributed by atoms with van der Waals surface area (Å²) in [6.45, 7) is 2.60. The van der Waals surface area contributed by atoms with Crippen LogP contribution in [0, 0.1) is 0 Å². The van der Waals surface area contributed by atoms with E-state index >= 15 is 0 Å². The molecule has 3 aromatic carbocycles. The lowest BCUT2D eigenvalue weighted by Crippen LogP contribution is -2.44. The molecule has 0 saturated carbocycles. The van der Waals surface area contributed by atoms with E-state index in [2.05, 4.69) is 23.3 Å². The van der Waals surface area contributed by atoms with Crippen molar-refractivity contribution in [2.24, 2.45) is 0 Å². The Bertz CT molecular complexity index is 1510. The smallest absolute Gasteiger partial charge is 0.332 e. The summed E-state index contributed by atoms with van der Waals surface area (Å²) in [6, 6.07) is 23.1. The van der Waals surface area contributed by atoms with Crippen LogP contribution in [0.2, 0.25) is 0 Å². The summed E-state index contributed by atoms with van der Waals surface area (Å²) >= 11 is 0. The third-order valence-electron chi connectivity index (χ3n) is 7.37. The van der Waals surface area contributed by atoms with Gasteiger partial charge in [0.1, 0.15) is 12.1 Å². The molecular weight excluding hydrogens is 464 g/mol. The quantitative estimate of drug-likeness (QED) is 0.287. The van der Waals surface area contributed by atoms with Crippen LogP contribution in [0.4, 0.5) is 10.5 Å². The number of hydrogen-bond acceptors (Lipinski definition) is 3. The first-order valence-corrected chi connectivity index (χ1v) is 12.8. The van der Waals surface area contributed by atoms with Crippen LogP contribution in [0.1, 0.15) is 53.0 Å². The molecule has 2 N–H and O–H groups in total. The third kappa shape index (κ3) is 3.69. The summed E-state index contributed by atoms with van der Waals surface area (Å²) < 4.78 is 0. The molecule has 4 amide bonds. The fourth-order valence-electron chi connectivity index (χ4n) is 5.61. The molecule has 0 bridgehead atoms. The predicted octanol–water partition coefficient (Wildman–Crippen LogP) is 5.18. The van der Waals surface area contributed by atoms with Crippen LogP contribution in [0.3, 0.4) is 0 Å². The van der Waals surface area contributed by atoms with Gasteiger partial charge in [0.05, 0.1) is 11.3 Å². The third-order valence-corrected chi connectivity index (χ3v) is 7.37. The van der Waals surface area contributed by atoms with Crippen LogP contribution < -0.4 is 10.2 Å². The molecule has 0 aliphatic carbocycles. The van der Waals surface area contributed by atoms with Crippen molar-refractivity contribution in [3.8, 4) is 0 Å². The highest BCUT2D eigenvalue weighted by molar-refractivity contribution is 6.24. The lowest BCUT2D eigenvalue weighted by atomic mass is 9.89. The summed E-state index contributed by atoms with van der Waals surface area (Å²) in [5.41, 5.74) is 4.53. The second kappa shape index (κ2) is 9.24. The van der Waals surface area contributed by atoms with E-state index in [1.54, 1.807) is 29.2 Å². The molecule has 1 saturated heterocycles. The van der Waals surface area contributed by atoms with Gasteiger partial charge in [-0.15, -0.1) is 0 Å². The van der Waals surface area contributed by atoms with Gasteiger partial charge < -0.3 is 10.3 Å². The van der Waals surface area contributed by atoms with E-state index in [-0.39, 0.29) is 11.8 Å². The van der Waals surface area contributed by atoms with Crippen LogP contribution in [0.25, 0.3) is 10.9 Å². The summed E-state index contributed by atoms with van der Waals surface area (Å²) in [6.07, 6.45) is 2.22. The molecule has 2 unspecified atom stereocenters. The molecule has 1 fully saturated rings. The van der Waals surface area contributed by atoms with Crippen molar-refractivity contribution in [3.05, 3.63) is 101 Å². The van der Waals surface area contributed by atoms with Gasteiger partial charge in [0, 0.05) is 29.6 Å². The van der Waals surface area contributed by atoms with Gasteiger partial charge in [-0.1, -0.05) is 74.0 Å². The molecule has 2 atom stereocenters. The number of carbonyl (C=O) groups is 3. The molecule has 7 heteroatoms. The molecule has 186 valence electrons. The van der Waals surface area contributed by atoms with E-state index in [0.717, 1.165) is 40.6 Å². The van der Waals surface area contributed by atoms with Gasteiger partial charge in [-0.05, 0) is 35.7 Å². The van der Waals surface area contributed by atoms with Crippen LogP contribution in [-0.4, -0.2) is 40.3 Å². The van der Waals surface area contributed by atoms with Gasteiger partial charge in [-0.2, -0.15) is 0 Å². The summed E-state index contributed by atoms with van der Waals surface area (Å²) in [7, 11) is 0. The number of nitrogens with one attached hydrogen (secondary N) is 2. The summed E-state index contributed by atoms with van der Waals surface area (Å²) in [5.74, 6) is -0.596. The maximum atomic E-state index is 14.1. The van der Waals surface area contributed by atoms with Crippen LogP contribution in [-0.2, 0) is 11.2 Å². The molecule has 2 aliphatic rings. The molecule has 6 rings (SSSR count). The molecule has 1 aromatic heterocycles. The zero-order chi connectivity index (χ0) is 25.5. The fraction of sp³-hybridized carbons (Fsp3) is 0.233. The number of nitrogens with zero attached hydrogens (tertiary/aromatic N) is 2. The minimum absolute atomic E-state index is 0.287. The highest BCUT2D eigenvalue weighted by atomic mass is 16.2. The normalized spacial score (nSPS) is 18.7. The maximum absolute atomic E-state index is 14.1. The van der Waals surface area contributed by atoms with Crippen molar-refractivity contribution in [3.63, 3.8) is 0 Å². The van der Waals surface area contributed by atoms with Crippen LogP contribution in [0.15, 0.2) is 78.9 Å². The Labute approximate surface area is 215 Å². The van der Waals surface area contributed by atoms with E-state index in [0.29, 0.717) is 24.2 Å². The molecule has 37 heavy (non-hydrogen) atoms. The highest BCUT2D eigenvalue weighted by Crippen LogP contribution is 2.45. The van der Waals surface area contributed by atoms with Gasteiger partial charge in [-0.3, -0.25) is 14.5 Å². The van der Waals surface area contributed by atoms with Gasteiger partial charge in [-0.25, -0.2) is 9.69 Å². The number of benzene rings is 3. The molecule has 0 radical (unpaired) electrons. The number of rotatable bonds is 6. The van der Waals surface area contributed by atoms with Crippen molar-refractivity contribution in [2.75, 3.05) is 11.4 Å². The van der Waals surface area contributed by atoms with Gasteiger partial charge >= 0.3 is 6.03 Å². The van der Waals surface area contributed by atoms with E-state index in [4.69, 9.17) is 0 Å². The summed E-state index contributed by atoms with van der Waals surface area (Å²) in [5, 5.41) is 3.98. The zero-order valence-electron chi connectivity index (χ0n) is 20.6. The number of unbranched alkanes of at least 4 members (excludes halogenated alkanes) is 1. The second-order valence-corrected chi connectivity index (χ2v) is 9.59. The van der Waals surface area contributed by atoms with Crippen molar-refractivity contribution in [1.29, 1.82) is 0 Å². The van der Waals surface area contributed by atoms with E-state index in [1.807, 2.05) is 48.5 Å². The Kier molecular flexibility index (Phi) is 5.75. The first kappa shape index (κ1) is 23.0. The Morgan fingerprint density at radius 3 is 2.51 bits per heavy atom. The standard InChI is InChI=1S/C30H28N4O3/c1-2-3-17-31-28(35)21-14-8-10-16-24(21)34-29(36)25-18-22-20-13-7-9-15-23(20)32-26(22)27(33(25)30(34)37)19-11-5-4-6-12-19/h4-16,25,27,32H,2-3,17-18H2,1H3,(H,31,35). The molecule has 2 aliphatic heterocycles. The van der Waals surface area contributed by atoms with Gasteiger partial charge in [0.2, 0.25) is 0 Å². The summed E-state index contributed by atoms with van der Waals surface area (Å²) in [4.78, 5) is 47.5. The zero-order valence-corrected chi connectivity index (χ0v) is 20.6. The van der Waals surface area contributed by atoms with Gasteiger partial charge in [0.25, 0.3) is 11.8 Å². The topological polar surface area (TPSA) is 85.5 Å². The Balaban J connectivity index is 1.45. The number of amides is 4. The second-order valence-electron chi connectivity index (χ2n) is 9.59. The molecule has 7 nitrogen and oxygen atoms in total. The lowest BCUT2D eigenvalue weighted by Gasteiger charge is -2.36. The van der Waals surface area contributed by atoms with Crippen molar-refractivity contribution >= 4 is 34.4 Å². The average Bonchev–Trinajstić information content (AvgIpc) is 3.42. The number of carbonyl (C=O) groups excluding carboxylic acids is 3. The fourth-order valence-corrected chi connectivity index (χ4v) is 5.61. The predicted molar refractivity (Wildman–Crippen MR) is 142 cm³/mol. The number of hydrogen-bond donors (Lipinski definition) is 2. The van der Waals surface area contributed by atoms with Crippen LogP contribution >= 0.6 is 0 Å². The molecule has 0 spiro atoms.